The van der Waals surface area contributed by atoms with Gasteiger partial charge in [0.2, 0.25) is 0 Å². The van der Waals surface area contributed by atoms with Crippen LogP contribution >= 0.6 is 0 Å². The Morgan fingerprint density at radius 2 is 1.37 bits per heavy atom. The fourth-order valence-electron chi connectivity index (χ4n) is 5.92. The van der Waals surface area contributed by atoms with Gasteiger partial charge in [-0.1, -0.05) is 89.6 Å². The maximum atomic E-state index is 11.5. The normalized spacial score (nSPS) is 12.5. The van der Waals surface area contributed by atoms with Gasteiger partial charge in [0.25, 0.3) is 0 Å². The van der Waals surface area contributed by atoms with Gasteiger partial charge in [0.05, 0.1) is 11.3 Å². The predicted octanol–water partition coefficient (Wildman–Crippen LogP) is 9.06. The zero-order valence-corrected chi connectivity index (χ0v) is 26.4. The zero-order chi connectivity index (χ0) is 28.0. The molecule has 0 unspecified atom stereocenters. The van der Waals surface area contributed by atoms with Crippen molar-refractivity contribution in [1.29, 1.82) is 0 Å². The topological polar surface area (TPSA) is 50.4 Å². The van der Waals surface area contributed by atoms with Crippen LogP contribution in [-0.2, 0) is 31.9 Å². The molecule has 0 saturated heterocycles. The molecule has 4 aromatic heterocycles. The Labute approximate surface area is 254 Å². The van der Waals surface area contributed by atoms with Crippen molar-refractivity contribution in [1.82, 2.24) is 14.4 Å². The molecule has 7 aromatic rings. The van der Waals surface area contributed by atoms with Crippen LogP contribution in [0.2, 0.25) is 0 Å². The molecule has 3 aromatic carbocycles. The van der Waals surface area contributed by atoms with Gasteiger partial charge in [-0.3, -0.25) is 9.38 Å². The van der Waals surface area contributed by atoms with Crippen molar-refractivity contribution in [3.63, 3.8) is 0 Å². The summed E-state index contributed by atoms with van der Waals surface area (Å²) in [5, 5.41) is 16.1. The van der Waals surface area contributed by atoms with E-state index < -0.39 is 0 Å². The van der Waals surface area contributed by atoms with Crippen LogP contribution < -0.4 is 0 Å². The number of hydrogen-bond acceptors (Lipinski definition) is 3. The minimum atomic E-state index is -0.201. The van der Waals surface area contributed by atoms with Crippen LogP contribution in [-0.4, -0.2) is 19.5 Å². The van der Waals surface area contributed by atoms with Crippen molar-refractivity contribution in [3.05, 3.63) is 96.2 Å². The summed E-state index contributed by atoms with van der Waals surface area (Å²) in [6.45, 7) is 13.0. The third-order valence-electron chi connectivity index (χ3n) is 8.07. The van der Waals surface area contributed by atoms with Crippen LogP contribution in [0, 0.1) is 6.07 Å². The number of fused-ring (bicyclic) bond motifs is 6. The molecule has 41 heavy (non-hydrogen) atoms. The van der Waals surface area contributed by atoms with E-state index in [1.807, 2.05) is 30.5 Å². The predicted molar refractivity (Wildman–Crippen MR) is 165 cm³/mol. The standard InChI is InChI=1S/C36H32N3O.Pt/c1-35(2,3)23-19-28(32(40)29(20-23)36(4,5)6)21-10-7-11-22(18-21)30-16-15-27-25-13-8-12-24-26-14-9-17-37-33(26)39(31(24)25)34(27)38-30;/h7-17,19-20,40H,1-6H3;/q-1;. The first kappa shape index (κ1) is 27.4. The van der Waals surface area contributed by atoms with Gasteiger partial charge in [-0.05, 0) is 39.7 Å². The molecule has 0 radical (unpaired) electrons. The van der Waals surface area contributed by atoms with E-state index in [1.165, 1.54) is 16.3 Å². The minimum absolute atomic E-state index is 0. The fourth-order valence-corrected chi connectivity index (χ4v) is 5.92. The Morgan fingerprint density at radius 3 is 2.07 bits per heavy atom. The summed E-state index contributed by atoms with van der Waals surface area (Å²) in [5.74, 6) is 0.318. The quantitative estimate of drug-likeness (QED) is 0.182. The van der Waals surface area contributed by atoms with Crippen molar-refractivity contribution in [2.75, 3.05) is 0 Å². The Balaban J connectivity index is 0.00000302. The van der Waals surface area contributed by atoms with Gasteiger partial charge in [0.1, 0.15) is 11.3 Å². The number of rotatable bonds is 2. The number of aromatic hydroxyl groups is 1. The number of pyridine rings is 2. The summed E-state index contributed by atoms with van der Waals surface area (Å²) < 4.78 is 2.19. The van der Waals surface area contributed by atoms with Crippen molar-refractivity contribution < 1.29 is 26.2 Å². The van der Waals surface area contributed by atoms with Gasteiger partial charge in [0, 0.05) is 54.5 Å². The number of phenolic OH excluding ortho intramolecular Hbond substituents is 1. The van der Waals surface area contributed by atoms with Crippen LogP contribution in [0.4, 0.5) is 0 Å². The van der Waals surface area contributed by atoms with Crippen LogP contribution in [0.3, 0.4) is 0 Å². The largest absolute Gasteiger partial charge is 0.515 e. The SMILES string of the molecule is CC(C)(C)c1cc(-c2[c-]c(-c3ccc4c5cccc6c7cccnc7n(c4n3)c65)ccc2)c(O)c(C(C)(C)C)c1.[Pt]. The number of hydrogen-bond donors (Lipinski definition) is 1. The molecule has 0 aliphatic heterocycles. The van der Waals surface area contributed by atoms with E-state index >= 15 is 0 Å². The molecular weight excluding hydrogens is 685 g/mol. The summed E-state index contributed by atoms with van der Waals surface area (Å²) in [6.07, 6.45) is 1.84. The van der Waals surface area contributed by atoms with E-state index in [0.717, 1.165) is 55.5 Å². The van der Waals surface area contributed by atoms with Crippen LogP contribution in [0.15, 0.2) is 79.0 Å². The Morgan fingerprint density at radius 1 is 0.707 bits per heavy atom. The number of para-hydroxylation sites is 1. The number of phenols is 1. The molecule has 4 heterocycles. The van der Waals surface area contributed by atoms with Gasteiger partial charge >= 0.3 is 0 Å². The first-order valence-electron chi connectivity index (χ1n) is 13.8. The van der Waals surface area contributed by atoms with E-state index in [4.69, 9.17) is 9.97 Å². The minimum Gasteiger partial charge on any atom is -0.515 e. The second kappa shape index (κ2) is 9.39. The fraction of sp³-hybridized carbons (Fsp3) is 0.222. The summed E-state index contributed by atoms with van der Waals surface area (Å²) >= 11 is 0. The summed E-state index contributed by atoms with van der Waals surface area (Å²) in [4.78, 5) is 9.92. The smallest absolute Gasteiger partial charge is 0.146 e. The molecule has 0 amide bonds. The number of aromatic nitrogens is 3. The second-order valence-electron chi connectivity index (χ2n) is 12.9. The molecule has 208 valence electrons. The Bertz CT molecular complexity index is 2090. The van der Waals surface area contributed by atoms with Crippen molar-refractivity contribution >= 4 is 38.4 Å². The van der Waals surface area contributed by atoms with Gasteiger partial charge in [-0.2, -0.15) is 0 Å². The monoisotopic (exact) mass is 717 g/mol. The van der Waals surface area contributed by atoms with Gasteiger partial charge in [-0.15, -0.1) is 29.8 Å². The van der Waals surface area contributed by atoms with Gasteiger partial charge in [0.15, 0.2) is 0 Å². The van der Waals surface area contributed by atoms with Crippen molar-refractivity contribution in [3.8, 4) is 28.1 Å². The molecule has 0 atom stereocenters. The average Bonchev–Trinajstić information content (AvgIpc) is 3.44. The van der Waals surface area contributed by atoms with E-state index in [1.54, 1.807) is 0 Å². The molecule has 0 fully saturated rings. The van der Waals surface area contributed by atoms with E-state index in [0.29, 0.717) is 5.75 Å². The van der Waals surface area contributed by atoms with Crippen molar-refractivity contribution in [2.45, 2.75) is 52.4 Å². The van der Waals surface area contributed by atoms with Gasteiger partial charge in [-0.25, -0.2) is 4.98 Å². The molecule has 1 N–H and O–H groups in total. The average molecular weight is 718 g/mol. The molecule has 4 nitrogen and oxygen atoms in total. The second-order valence-corrected chi connectivity index (χ2v) is 12.9. The Hall–Kier alpha value is -3.75. The van der Waals surface area contributed by atoms with Crippen LogP contribution in [0.25, 0.3) is 60.7 Å². The molecule has 7 rings (SSSR count). The molecule has 0 aliphatic carbocycles. The van der Waals surface area contributed by atoms with E-state index in [2.05, 4.69) is 101 Å². The first-order chi connectivity index (χ1) is 19.0. The summed E-state index contributed by atoms with van der Waals surface area (Å²) in [6, 6.07) is 28.7. The maximum Gasteiger partial charge on any atom is 0.146 e. The van der Waals surface area contributed by atoms with Crippen LogP contribution in [0.5, 0.6) is 5.75 Å². The zero-order valence-electron chi connectivity index (χ0n) is 24.1. The van der Waals surface area contributed by atoms with Crippen molar-refractivity contribution in [2.24, 2.45) is 0 Å². The number of benzene rings is 3. The third-order valence-corrected chi connectivity index (χ3v) is 8.07. The molecule has 0 aliphatic rings. The van der Waals surface area contributed by atoms with Crippen LogP contribution in [0.1, 0.15) is 52.7 Å². The molecule has 0 spiro atoms. The first-order valence-corrected chi connectivity index (χ1v) is 13.8. The third kappa shape index (κ3) is 4.23. The number of nitrogens with zero attached hydrogens (tertiary/aromatic N) is 3. The molecule has 0 bridgehead atoms. The van der Waals surface area contributed by atoms with Gasteiger partial charge < -0.3 is 5.11 Å². The van der Waals surface area contributed by atoms with E-state index in [-0.39, 0.29) is 31.9 Å². The summed E-state index contributed by atoms with van der Waals surface area (Å²) in [5.41, 5.74) is 8.22. The summed E-state index contributed by atoms with van der Waals surface area (Å²) in [7, 11) is 0. The maximum absolute atomic E-state index is 11.5. The van der Waals surface area contributed by atoms with E-state index in [9.17, 15) is 5.11 Å². The Kier molecular flexibility index (Phi) is 6.28. The molecular formula is C36H32N3OPt-. The molecule has 0 saturated carbocycles. The molecule has 5 heteroatoms.